The van der Waals surface area contributed by atoms with E-state index in [1.165, 1.54) is 0 Å². The summed E-state index contributed by atoms with van der Waals surface area (Å²) >= 11 is 3.52. The molecule has 2 aromatic rings. The van der Waals surface area contributed by atoms with Crippen molar-refractivity contribution in [2.75, 3.05) is 19.8 Å². The highest BCUT2D eigenvalue weighted by Gasteiger charge is 2.20. The average molecular weight is 294 g/mol. The van der Waals surface area contributed by atoms with E-state index in [0.717, 1.165) is 20.9 Å². The lowest BCUT2D eigenvalue weighted by atomic mass is 10.1. The molecule has 0 spiro atoms. The Kier molecular flexibility index (Phi) is 3.09. The number of nitrogens with zero attached hydrogens (tertiary/aromatic N) is 1. The van der Waals surface area contributed by atoms with Gasteiger partial charge in [0.15, 0.2) is 0 Å². The summed E-state index contributed by atoms with van der Waals surface area (Å²) in [6.45, 7) is 1.89. The van der Waals surface area contributed by atoms with Crippen LogP contribution in [-0.4, -0.2) is 24.8 Å². The van der Waals surface area contributed by atoms with Crippen LogP contribution in [0.3, 0.4) is 0 Å². The number of aromatic nitrogens is 1. The Morgan fingerprint density at radius 3 is 2.76 bits per heavy atom. The Morgan fingerprint density at radius 2 is 2.00 bits per heavy atom. The molecule has 0 saturated carbocycles. The maximum Gasteiger partial charge on any atom is 0.123 e. The average Bonchev–Trinajstić information content (AvgIpc) is 2.41. The van der Waals surface area contributed by atoms with Crippen molar-refractivity contribution >= 4 is 26.7 Å². The van der Waals surface area contributed by atoms with E-state index in [-0.39, 0.29) is 6.10 Å². The SMILES string of the molecule is Brc1cnc(C2COCCO2)c2ccccc12. The van der Waals surface area contributed by atoms with Crippen LogP contribution in [0.2, 0.25) is 0 Å². The maximum absolute atomic E-state index is 5.71. The highest BCUT2D eigenvalue weighted by atomic mass is 79.9. The summed E-state index contributed by atoms with van der Waals surface area (Å²) in [6.07, 6.45) is 1.78. The number of rotatable bonds is 1. The van der Waals surface area contributed by atoms with Crippen molar-refractivity contribution in [3.8, 4) is 0 Å². The highest BCUT2D eigenvalue weighted by molar-refractivity contribution is 9.10. The molecule has 1 saturated heterocycles. The van der Waals surface area contributed by atoms with Crippen LogP contribution in [0.5, 0.6) is 0 Å². The Balaban J connectivity index is 2.12. The van der Waals surface area contributed by atoms with Crippen LogP contribution in [0.15, 0.2) is 34.9 Å². The molecule has 1 unspecified atom stereocenters. The molecule has 1 aromatic heterocycles. The molecule has 17 heavy (non-hydrogen) atoms. The fourth-order valence-electron chi connectivity index (χ4n) is 2.08. The minimum atomic E-state index is -0.0539. The number of hydrogen-bond acceptors (Lipinski definition) is 3. The molecular weight excluding hydrogens is 282 g/mol. The van der Waals surface area contributed by atoms with Gasteiger partial charge < -0.3 is 9.47 Å². The Hall–Kier alpha value is -0.970. The molecule has 3 rings (SSSR count). The predicted molar refractivity (Wildman–Crippen MR) is 69.0 cm³/mol. The third kappa shape index (κ3) is 2.08. The van der Waals surface area contributed by atoms with Crippen LogP contribution in [0.4, 0.5) is 0 Å². The first kappa shape index (κ1) is 11.1. The molecule has 0 amide bonds. The van der Waals surface area contributed by atoms with Crippen LogP contribution >= 0.6 is 15.9 Å². The minimum absolute atomic E-state index is 0.0539. The summed E-state index contributed by atoms with van der Waals surface area (Å²) in [6, 6.07) is 8.19. The lowest BCUT2D eigenvalue weighted by Gasteiger charge is -2.23. The number of halogens is 1. The van der Waals surface area contributed by atoms with Gasteiger partial charge in [0.2, 0.25) is 0 Å². The molecular formula is C13H12BrNO2. The molecule has 0 N–H and O–H groups in total. The molecule has 0 aliphatic carbocycles. The summed E-state index contributed by atoms with van der Waals surface area (Å²) in [5.41, 5.74) is 0.962. The molecule has 4 heteroatoms. The second kappa shape index (κ2) is 4.72. The van der Waals surface area contributed by atoms with Gasteiger partial charge in [-0.2, -0.15) is 0 Å². The molecule has 1 atom stereocenters. The first-order chi connectivity index (χ1) is 8.36. The molecule has 0 radical (unpaired) electrons. The van der Waals surface area contributed by atoms with Gasteiger partial charge in [-0.1, -0.05) is 24.3 Å². The van der Waals surface area contributed by atoms with E-state index >= 15 is 0 Å². The Morgan fingerprint density at radius 1 is 1.18 bits per heavy atom. The van der Waals surface area contributed by atoms with Crippen LogP contribution in [0.25, 0.3) is 10.8 Å². The van der Waals surface area contributed by atoms with Gasteiger partial charge in [0.25, 0.3) is 0 Å². The van der Waals surface area contributed by atoms with Crippen LogP contribution in [0, 0.1) is 0 Å². The van der Waals surface area contributed by atoms with Gasteiger partial charge >= 0.3 is 0 Å². The van der Waals surface area contributed by atoms with Gasteiger partial charge in [0.05, 0.1) is 25.5 Å². The van der Waals surface area contributed by atoms with Gasteiger partial charge in [0, 0.05) is 16.1 Å². The predicted octanol–water partition coefficient (Wildman–Crippen LogP) is 3.09. The molecule has 2 heterocycles. The quantitative estimate of drug-likeness (QED) is 0.810. The topological polar surface area (TPSA) is 31.4 Å². The molecule has 88 valence electrons. The summed E-state index contributed by atoms with van der Waals surface area (Å²) in [7, 11) is 0. The standard InChI is InChI=1S/C13H12BrNO2/c14-11-7-15-13(12-8-16-5-6-17-12)10-4-2-1-3-9(10)11/h1-4,7,12H,5-6,8H2. The fraction of sp³-hybridized carbons (Fsp3) is 0.308. The van der Waals surface area contributed by atoms with Crippen molar-refractivity contribution in [1.82, 2.24) is 4.98 Å². The minimum Gasteiger partial charge on any atom is -0.376 e. The molecule has 1 aromatic carbocycles. The largest absolute Gasteiger partial charge is 0.376 e. The molecule has 1 aliphatic heterocycles. The zero-order chi connectivity index (χ0) is 11.7. The van der Waals surface area contributed by atoms with E-state index in [1.54, 1.807) is 0 Å². The highest BCUT2D eigenvalue weighted by Crippen LogP contribution is 2.30. The number of pyridine rings is 1. The number of hydrogen-bond donors (Lipinski definition) is 0. The monoisotopic (exact) mass is 293 g/mol. The molecule has 1 aliphatic rings. The van der Waals surface area contributed by atoms with Crippen molar-refractivity contribution in [1.29, 1.82) is 0 Å². The number of benzene rings is 1. The number of ether oxygens (including phenoxy) is 2. The molecule has 3 nitrogen and oxygen atoms in total. The van der Waals surface area contributed by atoms with Crippen molar-refractivity contribution in [2.24, 2.45) is 0 Å². The molecule has 0 bridgehead atoms. The van der Waals surface area contributed by atoms with Gasteiger partial charge in [0.1, 0.15) is 6.10 Å². The zero-order valence-electron chi connectivity index (χ0n) is 9.23. The van der Waals surface area contributed by atoms with Crippen molar-refractivity contribution in [3.05, 3.63) is 40.6 Å². The van der Waals surface area contributed by atoms with Crippen LogP contribution < -0.4 is 0 Å². The summed E-state index contributed by atoms with van der Waals surface area (Å²) in [5.74, 6) is 0. The van der Waals surface area contributed by atoms with E-state index in [1.807, 2.05) is 18.3 Å². The van der Waals surface area contributed by atoms with Gasteiger partial charge in [-0.3, -0.25) is 4.98 Å². The smallest absolute Gasteiger partial charge is 0.123 e. The van der Waals surface area contributed by atoms with Crippen molar-refractivity contribution < 1.29 is 9.47 Å². The second-order valence-corrected chi connectivity index (χ2v) is 4.83. The van der Waals surface area contributed by atoms with Crippen LogP contribution in [0.1, 0.15) is 11.8 Å². The van der Waals surface area contributed by atoms with Gasteiger partial charge in [-0.05, 0) is 21.3 Å². The summed E-state index contributed by atoms with van der Waals surface area (Å²) < 4.78 is 12.2. The normalized spacial score (nSPS) is 20.6. The van der Waals surface area contributed by atoms with Gasteiger partial charge in [-0.25, -0.2) is 0 Å². The maximum atomic E-state index is 5.71. The Labute approximate surface area is 108 Å². The lowest BCUT2D eigenvalue weighted by Crippen LogP contribution is -2.22. The van der Waals surface area contributed by atoms with Crippen molar-refractivity contribution in [3.63, 3.8) is 0 Å². The van der Waals surface area contributed by atoms with Gasteiger partial charge in [-0.15, -0.1) is 0 Å². The third-order valence-corrected chi connectivity index (χ3v) is 3.53. The first-order valence-corrected chi connectivity index (χ1v) is 6.38. The number of fused-ring (bicyclic) bond motifs is 1. The van der Waals surface area contributed by atoms with E-state index in [0.29, 0.717) is 19.8 Å². The van der Waals surface area contributed by atoms with E-state index < -0.39 is 0 Å². The first-order valence-electron chi connectivity index (χ1n) is 5.59. The van der Waals surface area contributed by atoms with E-state index in [4.69, 9.17) is 9.47 Å². The summed E-state index contributed by atoms with van der Waals surface area (Å²) in [4.78, 5) is 4.48. The Bertz CT molecular complexity index is 538. The fourth-order valence-corrected chi connectivity index (χ4v) is 2.53. The zero-order valence-corrected chi connectivity index (χ0v) is 10.8. The molecule has 1 fully saturated rings. The summed E-state index contributed by atoms with van der Waals surface area (Å²) in [5, 5.41) is 2.28. The van der Waals surface area contributed by atoms with E-state index in [2.05, 4.69) is 33.0 Å². The van der Waals surface area contributed by atoms with Crippen molar-refractivity contribution in [2.45, 2.75) is 6.10 Å². The third-order valence-electron chi connectivity index (χ3n) is 2.90. The van der Waals surface area contributed by atoms with Crippen LogP contribution in [-0.2, 0) is 9.47 Å². The van der Waals surface area contributed by atoms with E-state index in [9.17, 15) is 0 Å². The lowest BCUT2D eigenvalue weighted by molar-refractivity contribution is -0.0911. The second-order valence-electron chi connectivity index (χ2n) is 3.97.